The molecule has 0 spiro atoms. The Morgan fingerprint density at radius 1 is 1.32 bits per heavy atom. The zero-order valence-electron chi connectivity index (χ0n) is 12.7. The van der Waals surface area contributed by atoms with Gasteiger partial charge in [-0.3, -0.25) is 5.32 Å². The molecule has 0 amide bonds. The fourth-order valence-electron chi connectivity index (χ4n) is 2.51. The van der Waals surface area contributed by atoms with E-state index in [-0.39, 0.29) is 6.04 Å². The summed E-state index contributed by atoms with van der Waals surface area (Å²) in [6, 6.07) is 10.2. The monoisotopic (exact) mass is 313 g/mol. The van der Waals surface area contributed by atoms with Crippen LogP contribution in [0.25, 0.3) is 0 Å². The van der Waals surface area contributed by atoms with Gasteiger partial charge in [-0.15, -0.1) is 0 Å². The lowest BCUT2D eigenvalue weighted by Gasteiger charge is -2.21. The van der Waals surface area contributed by atoms with Gasteiger partial charge in [0.2, 0.25) is 0 Å². The molecule has 3 aromatic rings. The first-order valence-electron chi connectivity index (χ1n) is 7.14. The van der Waals surface area contributed by atoms with E-state index in [1.165, 1.54) is 5.56 Å². The van der Waals surface area contributed by atoms with Crippen molar-refractivity contribution < 1.29 is 4.74 Å². The van der Waals surface area contributed by atoms with E-state index in [0.717, 1.165) is 23.7 Å². The van der Waals surface area contributed by atoms with Gasteiger partial charge in [0.25, 0.3) is 0 Å². The number of methoxy groups -OCH3 is 1. The normalized spacial score (nSPS) is 12.3. The molecule has 0 aliphatic heterocycles. The van der Waals surface area contributed by atoms with E-state index >= 15 is 0 Å². The third kappa shape index (κ3) is 3.05. The Morgan fingerprint density at radius 3 is 2.86 bits per heavy atom. The SMILES string of the molecule is COc1ccccc1[C@@H](NCc1ccsc1)c1nccn1C. The number of hydrogen-bond acceptors (Lipinski definition) is 4. The maximum atomic E-state index is 5.53. The molecule has 114 valence electrons. The molecule has 0 aliphatic carbocycles. The van der Waals surface area contributed by atoms with Crippen molar-refractivity contribution in [2.75, 3.05) is 7.11 Å². The van der Waals surface area contributed by atoms with E-state index < -0.39 is 0 Å². The van der Waals surface area contributed by atoms with Crippen molar-refractivity contribution >= 4 is 11.3 Å². The number of ether oxygens (including phenoxy) is 1. The van der Waals surface area contributed by atoms with E-state index in [2.05, 4.69) is 33.2 Å². The van der Waals surface area contributed by atoms with Gasteiger partial charge in [-0.1, -0.05) is 18.2 Å². The number of benzene rings is 1. The van der Waals surface area contributed by atoms with Gasteiger partial charge in [-0.2, -0.15) is 11.3 Å². The van der Waals surface area contributed by atoms with E-state index in [4.69, 9.17) is 4.74 Å². The van der Waals surface area contributed by atoms with E-state index in [0.29, 0.717) is 0 Å². The topological polar surface area (TPSA) is 39.1 Å². The summed E-state index contributed by atoms with van der Waals surface area (Å²) in [4.78, 5) is 4.52. The maximum Gasteiger partial charge on any atom is 0.130 e. The minimum atomic E-state index is -0.0175. The lowest BCUT2D eigenvalue weighted by molar-refractivity contribution is 0.401. The Labute approximate surface area is 134 Å². The predicted octanol–water partition coefficient (Wildman–Crippen LogP) is 3.37. The lowest BCUT2D eigenvalue weighted by atomic mass is 10.0. The number of aryl methyl sites for hydroxylation is 1. The summed E-state index contributed by atoms with van der Waals surface area (Å²) in [5.41, 5.74) is 2.37. The van der Waals surface area contributed by atoms with Gasteiger partial charge in [-0.25, -0.2) is 4.98 Å². The highest BCUT2D eigenvalue weighted by molar-refractivity contribution is 7.07. The first kappa shape index (κ1) is 14.8. The molecule has 0 aliphatic rings. The molecule has 0 bridgehead atoms. The molecule has 2 aromatic heterocycles. The van der Waals surface area contributed by atoms with Crippen LogP contribution in [0.3, 0.4) is 0 Å². The number of thiophene rings is 1. The molecule has 1 atom stereocenters. The number of imidazole rings is 1. The molecule has 3 rings (SSSR count). The van der Waals surface area contributed by atoms with Crippen LogP contribution in [0.2, 0.25) is 0 Å². The van der Waals surface area contributed by atoms with Crippen molar-refractivity contribution in [1.82, 2.24) is 14.9 Å². The Bertz CT molecular complexity index is 721. The Hall–Kier alpha value is -2.11. The molecular weight excluding hydrogens is 294 g/mol. The van der Waals surface area contributed by atoms with Crippen LogP contribution in [-0.4, -0.2) is 16.7 Å². The standard InChI is InChI=1S/C17H19N3OS/c1-20-9-8-18-17(20)16(19-11-13-7-10-22-12-13)14-5-3-4-6-15(14)21-2/h3-10,12,16,19H,11H2,1-2H3/t16-/m1/s1. The number of nitrogens with one attached hydrogen (secondary N) is 1. The average Bonchev–Trinajstić information content (AvgIpc) is 3.20. The zero-order valence-corrected chi connectivity index (χ0v) is 13.5. The molecule has 0 fully saturated rings. The molecular formula is C17H19N3OS. The first-order valence-corrected chi connectivity index (χ1v) is 8.08. The lowest BCUT2D eigenvalue weighted by Crippen LogP contribution is -2.25. The number of aromatic nitrogens is 2. The smallest absolute Gasteiger partial charge is 0.130 e. The van der Waals surface area contributed by atoms with Crippen LogP contribution in [0.4, 0.5) is 0 Å². The zero-order chi connectivity index (χ0) is 15.4. The summed E-state index contributed by atoms with van der Waals surface area (Å²) in [7, 11) is 3.71. The predicted molar refractivity (Wildman–Crippen MR) is 89.2 cm³/mol. The highest BCUT2D eigenvalue weighted by Gasteiger charge is 2.21. The second-order valence-electron chi connectivity index (χ2n) is 5.08. The highest BCUT2D eigenvalue weighted by atomic mass is 32.1. The highest BCUT2D eigenvalue weighted by Crippen LogP contribution is 2.29. The summed E-state index contributed by atoms with van der Waals surface area (Å²) >= 11 is 1.71. The van der Waals surface area contributed by atoms with E-state index in [1.54, 1.807) is 18.4 Å². The van der Waals surface area contributed by atoms with E-state index in [9.17, 15) is 0 Å². The van der Waals surface area contributed by atoms with Gasteiger partial charge in [0.15, 0.2) is 0 Å². The van der Waals surface area contributed by atoms with Crippen LogP contribution in [0.1, 0.15) is 23.0 Å². The van der Waals surface area contributed by atoms with Crippen molar-refractivity contribution in [3.63, 3.8) is 0 Å². The third-order valence-corrected chi connectivity index (χ3v) is 4.39. The number of nitrogens with zero attached hydrogens (tertiary/aromatic N) is 2. The van der Waals surface area contributed by atoms with Crippen molar-refractivity contribution in [2.45, 2.75) is 12.6 Å². The van der Waals surface area contributed by atoms with E-state index in [1.807, 2.05) is 42.2 Å². The third-order valence-electron chi connectivity index (χ3n) is 3.66. The Morgan fingerprint density at radius 2 is 2.18 bits per heavy atom. The van der Waals surface area contributed by atoms with Crippen molar-refractivity contribution in [3.05, 3.63) is 70.4 Å². The second-order valence-corrected chi connectivity index (χ2v) is 5.86. The summed E-state index contributed by atoms with van der Waals surface area (Å²) in [6.45, 7) is 0.791. The quantitative estimate of drug-likeness (QED) is 0.758. The fraction of sp³-hybridized carbons (Fsp3) is 0.235. The first-order chi connectivity index (χ1) is 10.8. The average molecular weight is 313 g/mol. The molecule has 2 heterocycles. The molecule has 0 radical (unpaired) electrons. The Balaban J connectivity index is 1.94. The van der Waals surface area contributed by atoms with Crippen LogP contribution in [0, 0.1) is 0 Å². The molecule has 1 N–H and O–H groups in total. The van der Waals surface area contributed by atoms with Crippen LogP contribution < -0.4 is 10.1 Å². The molecule has 0 unspecified atom stereocenters. The molecule has 1 aromatic carbocycles. The summed E-state index contributed by atoms with van der Waals surface area (Å²) in [5.74, 6) is 1.84. The number of para-hydroxylation sites is 1. The molecule has 0 saturated carbocycles. The molecule has 4 nitrogen and oxygen atoms in total. The minimum Gasteiger partial charge on any atom is -0.496 e. The summed E-state index contributed by atoms with van der Waals surface area (Å²) in [5, 5.41) is 7.85. The Kier molecular flexibility index (Phi) is 4.56. The fourth-order valence-corrected chi connectivity index (χ4v) is 3.18. The van der Waals surface area contributed by atoms with Gasteiger partial charge in [0.05, 0.1) is 13.2 Å². The van der Waals surface area contributed by atoms with Crippen LogP contribution in [-0.2, 0) is 13.6 Å². The van der Waals surface area contributed by atoms with Crippen molar-refractivity contribution in [1.29, 1.82) is 0 Å². The van der Waals surface area contributed by atoms with Gasteiger partial charge < -0.3 is 9.30 Å². The minimum absolute atomic E-state index is 0.0175. The van der Waals surface area contributed by atoms with Gasteiger partial charge in [0.1, 0.15) is 11.6 Å². The summed E-state index contributed by atoms with van der Waals surface area (Å²) in [6.07, 6.45) is 3.79. The van der Waals surface area contributed by atoms with Crippen LogP contribution >= 0.6 is 11.3 Å². The van der Waals surface area contributed by atoms with Gasteiger partial charge >= 0.3 is 0 Å². The van der Waals surface area contributed by atoms with Gasteiger partial charge in [-0.05, 0) is 28.5 Å². The number of hydrogen-bond donors (Lipinski definition) is 1. The van der Waals surface area contributed by atoms with Gasteiger partial charge in [0, 0.05) is 31.5 Å². The van der Waals surface area contributed by atoms with Crippen LogP contribution in [0.15, 0.2) is 53.5 Å². The number of rotatable bonds is 6. The maximum absolute atomic E-state index is 5.53. The second kappa shape index (κ2) is 6.77. The van der Waals surface area contributed by atoms with Crippen molar-refractivity contribution in [3.8, 4) is 5.75 Å². The molecule has 0 saturated heterocycles. The van der Waals surface area contributed by atoms with Crippen molar-refractivity contribution in [2.24, 2.45) is 7.05 Å². The molecule has 5 heteroatoms. The largest absolute Gasteiger partial charge is 0.496 e. The van der Waals surface area contributed by atoms with Crippen LogP contribution in [0.5, 0.6) is 5.75 Å². The summed E-state index contributed by atoms with van der Waals surface area (Å²) < 4.78 is 7.57. The molecule has 22 heavy (non-hydrogen) atoms.